The molecular formula is C14H18ClNO3. The summed E-state index contributed by atoms with van der Waals surface area (Å²) >= 11 is 5.41. The molecule has 0 aromatic heterocycles. The molecule has 19 heavy (non-hydrogen) atoms. The third-order valence-electron chi connectivity index (χ3n) is 3.21. The average Bonchev–Trinajstić information content (AvgIpc) is 2.43. The fourth-order valence-electron chi connectivity index (χ4n) is 2.20. The van der Waals surface area contributed by atoms with Crippen molar-refractivity contribution < 1.29 is 14.6 Å². The normalized spacial score (nSPS) is 22.8. The number of aliphatic hydroxyl groups excluding tert-OH is 1. The van der Waals surface area contributed by atoms with E-state index in [-0.39, 0.29) is 24.0 Å². The molecule has 1 amide bonds. The summed E-state index contributed by atoms with van der Waals surface area (Å²) in [6.07, 6.45) is 3.32. The van der Waals surface area contributed by atoms with Crippen LogP contribution in [-0.4, -0.2) is 29.1 Å². The highest BCUT2D eigenvalue weighted by Gasteiger charge is 2.24. The number of halogens is 1. The summed E-state index contributed by atoms with van der Waals surface area (Å²) in [6, 6.07) is 7.08. The van der Waals surface area contributed by atoms with Gasteiger partial charge in [-0.25, -0.2) is 0 Å². The molecule has 0 spiro atoms. The van der Waals surface area contributed by atoms with E-state index in [1.165, 1.54) is 0 Å². The van der Waals surface area contributed by atoms with Gasteiger partial charge in [0.25, 0.3) is 0 Å². The molecule has 2 unspecified atom stereocenters. The predicted molar refractivity (Wildman–Crippen MR) is 74.7 cm³/mol. The second-order valence-corrected chi connectivity index (χ2v) is 4.98. The first-order valence-electron chi connectivity index (χ1n) is 6.49. The zero-order chi connectivity index (χ0) is 13.7. The monoisotopic (exact) mass is 283 g/mol. The van der Waals surface area contributed by atoms with Crippen molar-refractivity contribution in [2.24, 2.45) is 0 Å². The van der Waals surface area contributed by atoms with E-state index in [1.54, 1.807) is 24.3 Å². The molecule has 1 aliphatic rings. The summed E-state index contributed by atoms with van der Waals surface area (Å²) in [4.78, 5) is 11.1. The maximum atomic E-state index is 11.1. The van der Waals surface area contributed by atoms with Crippen molar-refractivity contribution in [1.82, 2.24) is 0 Å². The van der Waals surface area contributed by atoms with Crippen LogP contribution < -0.4 is 10.1 Å². The largest absolute Gasteiger partial charge is 0.488 e. The molecule has 4 nitrogen and oxygen atoms in total. The molecule has 0 saturated heterocycles. The number of hydrogen-bond donors (Lipinski definition) is 2. The minimum Gasteiger partial charge on any atom is -0.488 e. The van der Waals surface area contributed by atoms with E-state index in [9.17, 15) is 9.90 Å². The Morgan fingerprint density at radius 2 is 2.00 bits per heavy atom. The molecule has 0 radical (unpaired) electrons. The topological polar surface area (TPSA) is 58.6 Å². The maximum absolute atomic E-state index is 11.1. The van der Waals surface area contributed by atoms with E-state index in [4.69, 9.17) is 16.3 Å². The Bertz CT molecular complexity index is 421. The lowest BCUT2D eigenvalue weighted by atomic mass is 9.95. The number of aliphatic hydroxyl groups is 1. The highest BCUT2D eigenvalue weighted by molar-refractivity contribution is 6.29. The molecule has 2 rings (SSSR count). The fraction of sp³-hybridized carbons (Fsp3) is 0.500. The van der Waals surface area contributed by atoms with Gasteiger partial charge in [0.2, 0.25) is 5.91 Å². The van der Waals surface area contributed by atoms with E-state index in [1.807, 2.05) is 0 Å². The van der Waals surface area contributed by atoms with Crippen LogP contribution in [0.5, 0.6) is 5.75 Å². The van der Waals surface area contributed by atoms with Crippen LogP contribution in [0.2, 0.25) is 0 Å². The first kappa shape index (κ1) is 14.2. The molecular weight excluding hydrogens is 266 g/mol. The third-order valence-corrected chi connectivity index (χ3v) is 3.46. The van der Waals surface area contributed by atoms with Gasteiger partial charge in [-0.2, -0.15) is 0 Å². The van der Waals surface area contributed by atoms with E-state index in [0.29, 0.717) is 11.4 Å². The number of hydrogen-bond acceptors (Lipinski definition) is 3. The van der Waals surface area contributed by atoms with Crippen LogP contribution in [0.4, 0.5) is 5.69 Å². The zero-order valence-electron chi connectivity index (χ0n) is 10.6. The van der Waals surface area contributed by atoms with Crippen LogP contribution in [0.3, 0.4) is 0 Å². The molecule has 2 atom stereocenters. The lowest BCUT2D eigenvalue weighted by Crippen LogP contribution is -2.34. The summed E-state index contributed by atoms with van der Waals surface area (Å²) in [6.45, 7) is 0. The molecule has 1 saturated carbocycles. The summed E-state index contributed by atoms with van der Waals surface area (Å²) in [7, 11) is 0. The highest BCUT2D eigenvalue weighted by Crippen LogP contribution is 2.24. The Hall–Kier alpha value is -1.26. The molecule has 104 valence electrons. The first-order valence-corrected chi connectivity index (χ1v) is 7.03. The quantitative estimate of drug-likeness (QED) is 0.835. The van der Waals surface area contributed by atoms with Gasteiger partial charge in [-0.1, -0.05) is 6.42 Å². The second kappa shape index (κ2) is 6.78. The number of carbonyl (C=O) groups is 1. The molecule has 1 aromatic carbocycles. The third kappa shape index (κ3) is 4.11. The summed E-state index contributed by atoms with van der Waals surface area (Å²) in [5, 5.41) is 12.5. The van der Waals surface area contributed by atoms with Gasteiger partial charge in [0, 0.05) is 5.69 Å². The number of carbonyl (C=O) groups excluding carboxylic acids is 1. The van der Waals surface area contributed by atoms with Gasteiger partial charge in [-0.15, -0.1) is 11.6 Å². The van der Waals surface area contributed by atoms with Gasteiger partial charge >= 0.3 is 0 Å². The van der Waals surface area contributed by atoms with Crippen LogP contribution in [0.1, 0.15) is 25.7 Å². The fourth-order valence-corrected chi connectivity index (χ4v) is 2.27. The number of rotatable bonds is 4. The Balaban J connectivity index is 1.92. The van der Waals surface area contributed by atoms with Crippen molar-refractivity contribution in [2.75, 3.05) is 11.2 Å². The smallest absolute Gasteiger partial charge is 0.239 e. The summed E-state index contributed by atoms with van der Waals surface area (Å²) in [5.74, 6) is 0.403. The Morgan fingerprint density at radius 3 is 2.63 bits per heavy atom. The Morgan fingerprint density at radius 1 is 1.32 bits per heavy atom. The van der Waals surface area contributed by atoms with Gasteiger partial charge < -0.3 is 15.2 Å². The minimum atomic E-state index is -0.385. The van der Waals surface area contributed by atoms with Gasteiger partial charge in [0.15, 0.2) is 0 Å². The van der Waals surface area contributed by atoms with E-state index < -0.39 is 0 Å². The molecule has 5 heteroatoms. The predicted octanol–water partition coefficient (Wildman–Crippen LogP) is 2.55. The molecule has 1 fully saturated rings. The molecule has 0 heterocycles. The van der Waals surface area contributed by atoms with E-state index in [0.717, 1.165) is 25.7 Å². The van der Waals surface area contributed by atoms with Crippen molar-refractivity contribution in [3.63, 3.8) is 0 Å². The lowest BCUT2D eigenvalue weighted by Gasteiger charge is -2.28. The van der Waals surface area contributed by atoms with Crippen LogP contribution in [0.15, 0.2) is 24.3 Å². The van der Waals surface area contributed by atoms with Crippen LogP contribution >= 0.6 is 11.6 Å². The summed E-state index contributed by atoms with van der Waals surface area (Å²) in [5.41, 5.74) is 0.683. The molecule has 0 bridgehead atoms. The van der Waals surface area contributed by atoms with Crippen molar-refractivity contribution >= 4 is 23.2 Å². The maximum Gasteiger partial charge on any atom is 0.239 e. The summed E-state index contributed by atoms with van der Waals surface area (Å²) < 4.78 is 5.77. The van der Waals surface area contributed by atoms with Crippen molar-refractivity contribution in [3.8, 4) is 5.75 Å². The number of anilines is 1. The lowest BCUT2D eigenvalue weighted by molar-refractivity contribution is -0.113. The number of amides is 1. The van der Waals surface area contributed by atoms with E-state index >= 15 is 0 Å². The first-order chi connectivity index (χ1) is 9.19. The van der Waals surface area contributed by atoms with E-state index in [2.05, 4.69) is 5.32 Å². The van der Waals surface area contributed by atoms with Gasteiger partial charge in [0.1, 0.15) is 17.7 Å². The van der Waals surface area contributed by atoms with Crippen molar-refractivity contribution in [2.45, 2.75) is 37.9 Å². The van der Waals surface area contributed by atoms with Crippen LogP contribution in [-0.2, 0) is 4.79 Å². The Labute approximate surface area is 117 Å². The van der Waals surface area contributed by atoms with Gasteiger partial charge in [0.05, 0.1) is 6.10 Å². The Kier molecular flexibility index (Phi) is 5.05. The zero-order valence-corrected chi connectivity index (χ0v) is 11.4. The van der Waals surface area contributed by atoms with Crippen LogP contribution in [0.25, 0.3) is 0 Å². The van der Waals surface area contributed by atoms with Gasteiger partial charge in [-0.3, -0.25) is 4.79 Å². The average molecular weight is 284 g/mol. The second-order valence-electron chi connectivity index (χ2n) is 4.71. The molecule has 0 aliphatic heterocycles. The molecule has 2 N–H and O–H groups in total. The minimum absolute atomic E-state index is 0.0630. The highest BCUT2D eigenvalue weighted by atomic mass is 35.5. The number of ether oxygens (including phenoxy) is 1. The van der Waals surface area contributed by atoms with Crippen molar-refractivity contribution in [1.29, 1.82) is 0 Å². The van der Waals surface area contributed by atoms with Gasteiger partial charge in [-0.05, 0) is 43.5 Å². The molecule has 1 aromatic rings. The molecule has 1 aliphatic carbocycles. The number of nitrogens with one attached hydrogen (secondary N) is 1. The van der Waals surface area contributed by atoms with Crippen LogP contribution in [0, 0.1) is 0 Å². The van der Waals surface area contributed by atoms with Crippen molar-refractivity contribution in [3.05, 3.63) is 24.3 Å². The number of benzene rings is 1. The SMILES string of the molecule is O=C(CCl)Nc1ccc(OC2CCCCC2O)cc1. The standard InChI is InChI=1S/C14H18ClNO3/c15-9-14(18)16-10-5-7-11(8-6-10)19-13-4-2-1-3-12(13)17/h5-8,12-13,17H,1-4,9H2,(H,16,18). The number of alkyl halides is 1.